The van der Waals surface area contributed by atoms with Crippen LogP contribution in [0.1, 0.15) is 44.7 Å². The van der Waals surface area contributed by atoms with Gasteiger partial charge in [-0.2, -0.15) is 0 Å². The number of carbonyl (C=O) groups is 2. The molecule has 6 heteroatoms. The lowest BCUT2D eigenvalue weighted by Gasteiger charge is -2.39. The first-order chi connectivity index (χ1) is 12.5. The molecule has 1 aromatic heterocycles. The Morgan fingerprint density at radius 2 is 1.96 bits per heavy atom. The van der Waals surface area contributed by atoms with E-state index in [1.165, 1.54) is 6.07 Å². The summed E-state index contributed by atoms with van der Waals surface area (Å²) in [6.07, 6.45) is 3.94. The second kappa shape index (κ2) is 7.64. The minimum atomic E-state index is -0.372. The third-order valence-corrected chi connectivity index (χ3v) is 5.84. The Kier molecular flexibility index (Phi) is 5.49. The minimum Gasteiger partial charge on any atom is -0.342 e. The van der Waals surface area contributed by atoms with Gasteiger partial charge in [-0.3, -0.25) is 14.4 Å². The molecule has 0 radical (unpaired) electrons. The van der Waals surface area contributed by atoms with Crippen LogP contribution in [0.3, 0.4) is 0 Å². The lowest BCUT2D eigenvalue weighted by molar-refractivity contribution is -0.146. The van der Waals surface area contributed by atoms with Crippen molar-refractivity contribution >= 4 is 11.8 Å². The second-order valence-electron chi connectivity index (χ2n) is 7.65. The molecule has 2 amide bonds. The van der Waals surface area contributed by atoms with Crippen LogP contribution in [0.25, 0.3) is 0 Å². The van der Waals surface area contributed by atoms with Crippen molar-refractivity contribution in [3.8, 4) is 0 Å². The summed E-state index contributed by atoms with van der Waals surface area (Å²) >= 11 is 0. The fourth-order valence-electron chi connectivity index (χ4n) is 4.37. The Hall–Kier alpha value is -2.11. The summed E-state index contributed by atoms with van der Waals surface area (Å²) in [5.41, 5.74) is 0.414. The van der Waals surface area contributed by atoms with E-state index in [9.17, 15) is 14.4 Å². The van der Waals surface area contributed by atoms with E-state index >= 15 is 0 Å². The molecule has 1 atom stereocenters. The van der Waals surface area contributed by atoms with Gasteiger partial charge in [-0.1, -0.05) is 13.0 Å². The second-order valence-corrected chi connectivity index (χ2v) is 7.65. The van der Waals surface area contributed by atoms with Crippen molar-refractivity contribution in [1.29, 1.82) is 0 Å². The number of carbonyl (C=O) groups excluding carboxylic acids is 2. The summed E-state index contributed by atoms with van der Waals surface area (Å²) in [5.74, 6) is 0.272. The van der Waals surface area contributed by atoms with Crippen molar-refractivity contribution in [2.75, 3.05) is 26.2 Å². The van der Waals surface area contributed by atoms with E-state index in [1.54, 1.807) is 10.6 Å². The maximum atomic E-state index is 12.9. The van der Waals surface area contributed by atoms with Crippen LogP contribution in [0.2, 0.25) is 0 Å². The monoisotopic (exact) mass is 359 g/mol. The molecular weight excluding hydrogens is 330 g/mol. The summed E-state index contributed by atoms with van der Waals surface area (Å²) in [4.78, 5) is 41.3. The average Bonchev–Trinajstić information content (AvgIpc) is 3.04. The predicted octanol–water partition coefficient (Wildman–Crippen LogP) is 1.80. The molecule has 0 saturated carbocycles. The summed E-state index contributed by atoms with van der Waals surface area (Å²) in [6.45, 7) is 7.19. The van der Waals surface area contributed by atoms with E-state index in [0.29, 0.717) is 26.1 Å². The van der Waals surface area contributed by atoms with Crippen LogP contribution in [-0.2, 0) is 16.1 Å². The first-order valence-corrected chi connectivity index (χ1v) is 9.70. The molecule has 3 rings (SSSR count). The van der Waals surface area contributed by atoms with Gasteiger partial charge >= 0.3 is 0 Å². The number of hydrogen-bond acceptors (Lipinski definition) is 3. The number of rotatable bonds is 5. The number of nitrogens with zero attached hydrogens (tertiary/aromatic N) is 3. The zero-order valence-electron chi connectivity index (χ0n) is 15.9. The van der Waals surface area contributed by atoms with Crippen molar-refractivity contribution in [2.24, 2.45) is 5.41 Å². The highest BCUT2D eigenvalue weighted by molar-refractivity contribution is 5.86. The van der Waals surface area contributed by atoms with Crippen LogP contribution in [0.4, 0.5) is 0 Å². The molecule has 1 aromatic rings. The Bertz CT molecular complexity index is 740. The molecule has 2 saturated heterocycles. The van der Waals surface area contributed by atoms with Crippen LogP contribution in [0.15, 0.2) is 23.0 Å². The Morgan fingerprint density at radius 1 is 1.15 bits per heavy atom. The maximum absolute atomic E-state index is 12.9. The van der Waals surface area contributed by atoms with E-state index in [0.717, 1.165) is 44.5 Å². The summed E-state index contributed by atoms with van der Waals surface area (Å²) in [6, 6.07) is 5.13. The molecule has 0 N–H and O–H groups in total. The van der Waals surface area contributed by atoms with Crippen molar-refractivity contribution in [3.63, 3.8) is 0 Å². The molecule has 1 spiro atoms. The first kappa shape index (κ1) is 18.7. The van der Waals surface area contributed by atoms with Crippen molar-refractivity contribution < 1.29 is 9.59 Å². The van der Waals surface area contributed by atoms with Crippen LogP contribution in [0.5, 0.6) is 0 Å². The fourth-order valence-corrected chi connectivity index (χ4v) is 4.37. The van der Waals surface area contributed by atoms with Gasteiger partial charge in [0.2, 0.25) is 11.8 Å². The van der Waals surface area contributed by atoms with E-state index in [4.69, 9.17) is 0 Å². The molecule has 6 nitrogen and oxygen atoms in total. The van der Waals surface area contributed by atoms with E-state index in [1.807, 2.05) is 22.8 Å². The minimum absolute atomic E-state index is 0.0393. The highest BCUT2D eigenvalue weighted by Gasteiger charge is 2.48. The molecule has 0 aromatic carbocycles. The number of pyridine rings is 1. The molecular formula is C20H29N3O3. The number of piperidine rings is 1. The lowest BCUT2D eigenvalue weighted by Crippen LogP contribution is -2.50. The summed E-state index contributed by atoms with van der Waals surface area (Å²) < 4.78 is 1.64. The average molecular weight is 359 g/mol. The first-order valence-electron chi connectivity index (χ1n) is 9.70. The normalized spacial score (nSPS) is 23.1. The zero-order valence-corrected chi connectivity index (χ0v) is 15.9. The predicted molar refractivity (Wildman–Crippen MR) is 99.8 cm³/mol. The number of aromatic nitrogens is 1. The largest absolute Gasteiger partial charge is 0.342 e. The van der Waals surface area contributed by atoms with Crippen molar-refractivity contribution in [2.45, 2.75) is 52.5 Å². The third kappa shape index (κ3) is 3.55. The molecule has 3 heterocycles. The fraction of sp³-hybridized carbons (Fsp3) is 0.650. The Morgan fingerprint density at radius 3 is 2.69 bits per heavy atom. The number of likely N-dealkylation sites (tertiary alicyclic amines) is 2. The summed E-state index contributed by atoms with van der Waals surface area (Å²) in [5, 5.41) is 0. The third-order valence-electron chi connectivity index (χ3n) is 5.84. The van der Waals surface area contributed by atoms with Gasteiger partial charge in [0, 0.05) is 50.9 Å². The summed E-state index contributed by atoms with van der Waals surface area (Å²) in [7, 11) is 0. The maximum Gasteiger partial charge on any atom is 0.250 e. The van der Waals surface area contributed by atoms with Gasteiger partial charge in [0.15, 0.2) is 0 Å². The van der Waals surface area contributed by atoms with Gasteiger partial charge in [0.1, 0.15) is 0 Å². The molecule has 26 heavy (non-hydrogen) atoms. The Labute approximate surface area is 154 Å². The van der Waals surface area contributed by atoms with Gasteiger partial charge in [-0.15, -0.1) is 0 Å². The standard InChI is InChI=1S/C20H29N3O3/c1-3-11-21-12-5-9-20(19(21)26)10-14-22(15-20)17(24)8-13-23-16(2)6-4-7-18(23)25/h4,6-7H,3,5,8-15H2,1-2H3. The molecule has 0 bridgehead atoms. The quantitative estimate of drug-likeness (QED) is 0.805. The molecule has 1 unspecified atom stereocenters. The molecule has 2 aliphatic heterocycles. The Balaban J connectivity index is 1.62. The molecule has 2 fully saturated rings. The van der Waals surface area contributed by atoms with Crippen LogP contribution >= 0.6 is 0 Å². The number of amides is 2. The van der Waals surface area contributed by atoms with Gasteiger partial charge in [0.25, 0.3) is 5.56 Å². The van der Waals surface area contributed by atoms with Crippen molar-refractivity contribution in [3.05, 3.63) is 34.2 Å². The van der Waals surface area contributed by atoms with Crippen LogP contribution in [-0.4, -0.2) is 52.4 Å². The van der Waals surface area contributed by atoms with Gasteiger partial charge < -0.3 is 14.4 Å². The highest BCUT2D eigenvalue weighted by atomic mass is 16.2. The zero-order chi connectivity index (χ0) is 18.7. The van der Waals surface area contributed by atoms with Crippen LogP contribution < -0.4 is 5.56 Å². The smallest absolute Gasteiger partial charge is 0.250 e. The highest BCUT2D eigenvalue weighted by Crippen LogP contribution is 2.40. The SMILES string of the molecule is CCCN1CCCC2(CCN(C(=O)CCn3c(C)cccc3=O)C2)C1=O. The lowest BCUT2D eigenvalue weighted by atomic mass is 9.78. The molecule has 142 valence electrons. The topological polar surface area (TPSA) is 62.6 Å². The molecule has 0 aliphatic carbocycles. The van der Waals surface area contributed by atoms with E-state index in [-0.39, 0.29) is 22.8 Å². The number of hydrogen-bond donors (Lipinski definition) is 0. The van der Waals surface area contributed by atoms with Crippen molar-refractivity contribution in [1.82, 2.24) is 14.4 Å². The van der Waals surface area contributed by atoms with Crippen LogP contribution in [0, 0.1) is 12.3 Å². The van der Waals surface area contributed by atoms with E-state index in [2.05, 4.69) is 6.92 Å². The van der Waals surface area contributed by atoms with Gasteiger partial charge in [-0.05, 0) is 38.7 Å². The van der Waals surface area contributed by atoms with E-state index < -0.39 is 0 Å². The van der Waals surface area contributed by atoms with Gasteiger partial charge in [0.05, 0.1) is 5.41 Å². The number of aryl methyl sites for hydroxylation is 1. The molecule has 2 aliphatic rings. The van der Waals surface area contributed by atoms with Gasteiger partial charge in [-0.25, -0.2) is 0 Å².